The highest BCUT2D eigenvalue weighted by atomic mass is 32.1. The number of ether oxygens (including phenoxy) is 3. The van der Waals surface area contributed by atoms with E-state index in [1.54, 1.807) is 75.6 Å². The lowest BCUT2D eigenvalue weighted by Gasteiger charge is -2.24. The Labute approximate surface area is 244 Å². The summed E-state index contributed by atoms with van der Waals surface area (Å²) in [4.78, 5) is 42.9. The van der Waals surface area contributed by atoms with Crippen LogP contribution in [-0.2, 0) is 16.1 Å². The van der Waals surface area contributed by atoms with Crippen molar-refractivity contribution in [3.63, 3.8) is 0 Å². The van der Waals surface area contributed by atoms with Crippen LogP contribution in [0.5, 0.6) is 11.5 Å². The molecule has 0 fully saturated rings. The minimum atomic E-state index is -0.732. The van der Waals surface area contributed by atoms with E-state index in [1.807, 2.05) is 18.2 Å². The van der Waals surface area contributed by atoms with E-state index < -0.39 is 16.9 Å². The van der Waals surface area contributed by atoms with E-state index in [0.717, 1.165) is 0 Å². The van der Waals surface area contributed by atoms with Gasteiger partial charge < -0.3 is 14.2 Å². The highest BCUT2D eigenvalue weighted by Gasteiger charge is 2.33. The molecule has 0 saturated heterocycles. The molecule has 0 unspecified atom stereocenters. The second-order valence-electron chi connectivity index (χ2n) is 9.32. The molecule has 0 aliphatic carbocycles. The molecule has 4 aromatic rings. The van der Waals surface area contributed by atoms with E-state index in [4.69, 9.17) is 14.2 Å². The predicted molar refractivity (Wildman–Crippen MR) is 157 cm³/mol. The Kier molecular flexibility index (Phi) is 8.30. The molecule has 214 valence electrons. The fourth-order valence-corrected chi connectivity index (χ4v) is 5.76. The van der Waals surface area contributed by atoms with Gasteiger partial charge in [0.25, 0.3) is 11.2 Å². The minimum Gasteiger partial charge on any atom is -0.497 e. The Morgan fingerprint density at radius 2 is 1.86 bits per heavy atom. The van der Waals surface area contributed by atoms with Gasteiger partial charge in [-0.15, -0.1) is 0 Å². The van der Waals surface area contributed by atoms with Gasteiger partial charge in [-0.1, -0.05) is 47.7 Å². The number of esters is 1. The van der Waals surface area contributed by atoms with Crippen molar-refractivity contribution in [1.29, 1.82) is 0 Å². The molecular formula is C31H27N3O7S. The maximum atomic E-state index is 13.8. The Bertz CT molecular complexity index is 1870. The number of aromatic nitrogens is 1. The van der Waals surface area contributed by atoms with Crippen molar-refractivity contribution in [2.24, 2.45) is 4.99 Å². The first-order chi connectivity index (χ1) is 20.3. The normalized spacial score (nSPS) is 14.6. The van der Waals surface area contributed by atoms with Gasteiger partial charge in [0.15, 0.2) is 4.80 Å². The first kappa shape index (κ1) is 28.5. The molecule has 42 heavy (non-hydrogen) atoms. The number of nitro groups is 1. The van der Waals surface area contributed by atoms with E-state index in [-0.39, 0.29) is 24.5 Å². The molecule has 0 amide bonds. The first-order valence-electron chi connectivity index (χ1n) is 13.1. The third-order valence-electron chi connectivity index (χ3n) is 6.69. The summed E-state index contributed by atoms with van der Waals surface area (Å²) >= 11 is 1.22. The summed E-state index contributed by atoms with van der Waals surface area (Å²) in [7, 11) is 1.57. The topological polar surface area (TPSA) is 122 Å². The molecule has 2 heterocycles. The van der Waals surface area contributed by atoms with Crippen LogP contribution in [0.25, 0.3) is 6.08 Å². The predicted octanol–water partition coefficient (Wildman–Crippen LogP) is 4.29. The van der Waals surface area contributed by atoms with E-state index in [2.05, 4.69) is 4.99 Å². The third kappa shape index (κ3) is 5.72. The van der Waals surface area contributed by atoms with Crippen molar-refractivity contribution >= 4 is 29.1 Å². The quantitative estimate of drug-likeness (QED) is 0.163. The van der Waals surface area contributed by atoms with Gasteiger partial charge in [0.05, 0.1) is 46.0 Å². The van der Waals surface area contributed by atoms with Gasteiger partial charge in [0.1, 0.15) is 18.1 Å². The number of thiazole rings is 1. The zero-order valence-corrected chi connectivity index (χ0v) is 23.9. The molecule has 3 aromatic carbocycles. The van der Waals surface area contributed by atoms with Gasteiger partial charge in [-0.3, -0.25) is 19.5 Å². The van der Waals surface area contributed by atoms with Crippen LogP contribution >= 0.6 is 11.3 Å². The van der Waals surface area contributed by atoms with Gasteiger partial charge >= 0.3 is 5.97 Å². The number of carbonyl (C=O) groups excluding carboxylic acids is 1. The SMILES string of the molecule is CCOC(=O)C1=C(C)N=c2s/c(=C\c3cccc(OCc4ccccc4[N+](=O)[O-])c3)c(=O)n2[C@H]1c1ccc(OC)cc1. The molecular weight excluding hydrogens is 558 g/mol. The van der Waals surface area contributed by atoms with Crippen LogP contribution in [0.3, 0.4) is 0 Å². The molecule has 1 atom stereocenters. The minimum absolute atomic E-state index is 0.0145. The lowest BCUT2D eigenvalue weighted by atomic mass is 9.96. The van der Waals surface area contributed by atoms with Crippen LogP contribution in [0.4, 0.5) is 5.69 Å². The van der Waals surface area contributed by atoms with Crippen molar-refractivity contribution in [3.8, 4) is 11.5 Å². The molecule has 1 aromatic heterocycles. The maximum Gasteiger partial charge on any atom is 0.338 e. The molecule has 10 nitrogen and oxygen atoms in total. The fraction of sp³-hybridized carbons (Fsp3) is 0.194. The smallest absolute Gasteiger partial charge is 0.338 e. The van der Waals surface area contributed by atoms with Crippen LogP contribution < -0.4 is 24.4 Å². The summed E-state index contributed by atoms with van der Waals surface area (Å²) in [6, 6.07) is 20.0. The van der Waals surface area contributed by atoms with Crippen LogP contribution in [0.1, 0.15) is 36.6 Å². The van der Waals surface area contributed by atoms with Gasteiger partial charge in [-0.2, -0.15) is 0 Å². The van der Waals surface area contributed by atoms with Crippen molar-refractivity contribution in [2.75, 3.05) is 13.7 Å². The Balaban J connectivity index is 1.53. The standard InChI is InChI=1S/C31H27N3O7S/c1-4-40-30(36)27-19(2)32-31-33(28(27)21-12-14-23(39-3)15-13-21)29(35)26(42-31)17-20-8-7-10-24(16-20)41-18-22-9-5-6-11-25(22)34(37)38/h5-17,28H,4,18H2,1-3H3/b26-17-/t28-/m0/s1. The molecule has 0 bridgehead atoms. The van der Waals surface area contributed by atoms with E-state index in [1.165, 1.54) is 22.0 Å². The number of hydrogen-bond acceptors (Lipinski definition) is 9. The monoisotopic (exact) mass is 585 g/mol. The van der Waals surface area contributed by atoms with Crippen molar-refractivity contribution < 1.29 is 23.9 Å². The van der Waals surface area contributed by atoms with Gasteiger partial charge in [0.2, 0.25) is 0 Å². The summed E-state index contributed by atoms with van der Waals surface area (Å²) in [5.74, 6) is 0.608. The fourth-order valence-electron chi connectivity index (χ4n) is 4.71. The molecule has 11 heteroatoms. The number of rotatable bonds is 9. The first-order valence-corrected chi connectivity index (χ1v) is 13.9. The number of fused-ring (bicyclic) bond motifs is 1. The highest BCUT2D eigenvalue weighted by Crippen LogP contribution is 2.31. The van der Waals surface area contributed by atoms with Crippen LogP contribution in [0.2, 0.25) is 0 Å². The van der Waals surface area contributed by atoms with Gasteiger partial charge in [-0.05, 0) is 61.4 Å². The van der Waals surface area contributed by atoms with Gasteiger partial charge in [0, 0.05) is 6.07 Å². The molecule has 5 rings (SSSR count). The summed E-state index contributed by atoms with van der Waals surface area (Å²) in [5.41, 5.74) is 2.32. The molecule has 0 saturated carbocycles. The second kappa shape index (κ2) is 12.2. The van der Waals surface area contributed by atoms with E-state index in [0.29, 0.717) is 48.8 Å². The number of methoxy groups -OCH3 is 1. The Morgan fingerprint density at radius 3 is 2.57 bits per heavy atom. The third-order valence-corrected chi connectivity index (χ3v) is 7.67. The summed E-state index contributed by atoms with van der Waals surface area (Å²) < 4.78 is 18.4. The lowest BCUT2D eigenvalue weighted by molar-refractivity contribution is -0.385. The molecule has 1 aliphatic rings. The number of hydrogen-bond donors (Lipinski definition) is 0. The number of nitro benzene ring substituents is 1. The van der Waals surface area contributed by atoms with E-state index in [9.17, 15) is 19.7 Å². The zero-order chi connectivity index (χ0) is 29.8. The zero-order valence-electron chi connectivity index (χ0n) is 23.1. The number of allylic oxidation sites excluding steroid dienone is 1. The van der Waals surface area contributed by atoms with Crippen molar-refractivity contribution in [3.05, 3.63) is 131 Å². The second-order valence-corrected chi connectivity index (χ2v) is 10.3. The van der Waals surface area contributed by atoms with Gasteiger partial charge in [-0.25, -0.2) is 9.79 Å². The number of nitrogens with zero attached hydrogens (tertiary/aromatic N) is 3. The van der Waals surface area contributed by atoms with Crippen LogP contribution in [0.15, 0.2) is 93.9 Å². The molecule has 0 radical (unpaired) electrons. The number of carbonyl (C=O) groups is 1. The van der Waals surface area contributed by atoms with Crippen molar-refractivity contribution in [1.82, 2.24) is 4.57 Å². The Morgan fingerprint density at radius 1 is 1.10 bits per heavy atom. The summed E-state index contributed by atoms with van der Waals surface area (Å²) in [5, 5.41) is 11.3. The molecule has 0 spiro atoms. The Hall–Kier alpha value is -5.03. The molecule has 1 aliphatic heterocycles. The average Bonchev–Trinajstić information content (AvgIpc) is 3.29. The number of para-hydroxylation sites is 1. The molecule has 0 N–H and O–H groups in total. The van der Waals surface area contributed by atoms with Crippen LogP contribution in [-0.4, -0.2) is 29.2 Å². The largest absolute Gasteiger partial charge is 0.497 e. The highest BCUT2D eigenvalue weighted by molar-refractivity contribution is 7.07. The average molecular weight is 586 g/mol. The summed E-state index contributed by atoms with van der Waals surface area (Å²) in [6.45, 7) is 3.66. The lowest BCUT2D eigenvalue weighted by Crippen LogP contribution is -2.39. The number of benzene rings is 3. The maximum absolute atomic E-state index is 13.8. The van der Waals surface area contributed by atoms with Crippen LogP contribution in [0, 0.1) is 10.1 Å². The van der Waals surface area contributed by atoms with Crippen molar-refractivity contribution in [2.45, 2.75) is 26.5 Å². The summed E-state index contributed by atoms with van der Waals surface area (Å²) in [6.07, 6.45) is 1.73. The van der Waals surface area contributed by atoms with E-state index >= 15 is 0 Å².